The molecular formula is C17H18Cl2FN. The molecule has 0 aliphatic rings. The van der Waals surface area contributed by atoms with Gasteiger partial charge in [-0.2, -0.15) is 0 Å². The first-order valence-electron chi connectivity index (χ1n) is 6.98. The number of nitrogens with one attached hydrogen (secondary N) is 1. The summed E-state index contributed by atoms with van der Waals surface area (Å²) in [4.78, 5) is 0. The molecule has 0 saturated carbocycles. The minimum Gasteiger partial charge on any atom is -0.306 e. The average molecular weight is 326 g/mol. The summed E-state index contributed by atoms with van der Waals surface area (Å²) >= 11 is 12.1. The Morgan fingerprint density at radius 1 is 1.14 bits per heavy atom. The molecule has 1 N–H and O–H groups in total. The molecule has 112 valence electrons. The summed E-state index contributed by atoms with van der Waals surface area (Å²) in [5, 5.41) is 4.35. The van der Waals surface area contributed by atoms with Crippen molar-refractivity contribution in [1.82, 2.24) is 5.32 Å². The van der Waals surface area contributed by atoms with Crippen LogP contribution in [-0.2, 0) is 0 Å². The third kappa shape index (κ3) is 3.76. The van der Waals surface area contributed by atoms with Gasteiger partial charge in [0.2, 0.25) is 0 Å². The van der Waals surface area contributed by atoms with E-state index in [9.17, 15) is 4.39 Å². The quantitative estimate of drug-likeness (QED) is 0.762. The van der Waals surface area contributed by atoms with Crippen molar-refractivity contribution in [3.63, 3.8) is 0 Å². The van der Waals surface area contributed by atoms with Crippen LogP contribution in [0.5, 0.6) is 0 Å². The highest BCUT2D eigenvalue weighted by atomic mass is 35.5. The topological polar surface area (TPSA) is 12.0 Å². The van der Waals surface area contributed by atoms with Crippen LogP contribution in [0, 0.1) is 12.7 Å². The van der Waals surface area contributed by atoms with Crippen molar-refractivity contribution in [1.29, 1.82) is 0 Å². The molecule has 0 radical (unpaired) electrons. The van der Waals surface area contributed by atoms with Gasteiger partial charge in [0.1, 0.15) is 5.82 Å². The van der Waals surface area contributed by atoms with Crippen molar-refractivity contribution < 1.29 is 4.39 Å². The van der Waals surface area contributed by atoms with Crippen molar-refractivity contribution in [2.24, 2.45) is 0 Å². The van der Waals surface area contributed by atoms with Crippen LogP contribution in [0.1, 0.15) is 36.1 Å². The van der Waals surface area contributed by atoms with Crippen LogP contribution in [0.4, 0.5) is 4.39 Å². The largest absolute Gasteiger partial charge is 0.306 e. The van der Waals surface area contributed by atoms with Crippen molar-refractivity contribution in [2.75, 3.05) is 6.54 Å². The Labute approximate surface area is 135 Å². The van der Waals surface area contributed by atoms with Crippen LogP contribution in [0.2, 0.25) is 10.0 Å². The zero-order chi connectivity index (χ0) is 15.4. The third-order valence-corrected chi connectivity index (χ3v) is 4.15. The van der Waals surface area contributed by atoms with E-state index < -0.39 is 0 Å². The molecule has 2 aromatic rings. The second kappa shape index (κ2) is 7.26. The molecule has 0 spiro atoms. The fourth-order valence-corrected chi connectivity index (χ4v) is 2.59. The Kier molecular flexibility index (Phi) is 5.63. The second-order valence-electron chi connectivity index (χ2n) is 5.04. The summed E-state index contributed by atoms with van der Waals surface area (Å²) in [6, 6.07) is 10.6. The van der Waals surface area contributed by atoms with Gasteiger partial charge in [-0.05, 0) is 43.1 Å². The first kappa shape index (κ1) is 16.3. The number of halogens is 3. The fourth-order valence-electron chi connectivity index (χ4n) is 2.28. The molecule has 1 nitrogen and oxygen atoms in total. The van der Waals surface area contributed by atoms with Gasteiger partial charge in [-0.1, -0.05) is 54.4 Å². The van der Waals surface area contributed by atoms with Gasteiger partial charge in [0, 0.05) is 5.56 Å². The van der Waals surface area contributed by atoms with E-state index in [-0.39, 0.29) is 11.9 Å². The van der Waals surface area contributed by atoms with Gasteiger partial charge >= 0.3 is 0 Å². The maximum Gasteiger partial charge on any atom is 0.131 e. The van der Waals surface area contributed by atoms with E-state index in [4.69, 9.17) is 23.2 Å². The van der Waals surface area contributed by atoms with Crippen LogP contribution >= 0.6 is 23.2 Å². The van der Waals surface area contributed by atoms with Gasteiger partial charge in [-0.15, -0.1) is 0 Å². The van der Waals surface area contributed by atoms with Gasteiger partial charge < -0.3 is 5.32 Å². The molecule has 0 saturated heterocycles. The Balaban J connectivity index is 2.47. The van der Waals surface area contributed by atoms with Crippen molar-refractivity contribution in [3.8, 4) is 0 Å². The lowest BCUT2D eigenvalue weighted by Gasteiger charge is -2.21. The van der Waals surface area contributed by atoms with Crippen molar-refractivity contribution in [3.05, 3.63) is 69.0 Å². The van der Waals surface area contributed by atoms with Crippen LogP contribution in [0.15, 0.2) is 36.4 Å². The smallest absolute Gasteiger partial charge is 0.131 e. The summed E-state index contributed by atoms with van der Waals surface area (Å²) < 4.78 is 14.4. The van der Waals surface area contributed by atoms with E-state index in [0.29, 0.717) is 21.2 Å². The number of aryl methyl sites for hydroxylation is 1. The first-order valence-corrected chi connectivity index (χ1v) is 7.73. The monoisotopic (exact) mass is 325 g/mol. The van der Waals surface area contributed by atoms with E-state index in [1.54, 1.807) is 31.2 Å². The molecule has 0 aliphatic carbocycles. The maximum absolute atomic E-state index is 14.4. The Morgan fingerprint density at radius 2 is 1.90 bits per heavy atom. The summed E-state index contributed by atoms with van der Waals surface area (Å²) in [7, 11) is 0. The number of rotatable bonds is 5. The van der Waals surface area contributed by atoms with E-state index >= 15 is 0 Å². The Hall–Kier alpha value is -1.09. The summed E-state index contributed by atoms with van der Waals surface area (Å²) in [5.41, 5.74) is 2.17. The molecule has 0 aliphatic heterocycles. The highest BCUT2D eigenvalue weighted by molar-refractivity contribution is 6.42. The molecule has 4 heteroatoms. The fraction of sp³-hybridized carbons (Fsp3) is 0.294. The molecule has 0 fully saturated rings. The third-order valence-electron chi connectivity index (χ3n) is 3.41. The van der Waals surface area contributed by atoms with Crippen LogP contribution in [0.3, 0.4) is 0 Å². The van der Waals surface area contributed by atoms with Crippen LogP contribution in [-0.4, -0.2) is 6.54 Å². The number of benzene rings is 2. The molecule has 1 atom stereocenters. The second-order valence-corrected chi connectivity index (χ2v) is 5.85. The van der Waals surface area contributed by atoms with Crippen LogP contribution in [0.25, 0.3) is 0 Å². The molecule has 2 rings (SSSR count). The lowest BCUT2D eigenvalue weighted by Crippen LogP contribution is -2.24. The number of hydrogen-bond donors (Lipinski definition) is 1. The predicted octanol–water partition coefficient (Wildman–Crippen LogP) is 5.53. The van der Waals surface area contributed by atoms with Gasteiger partial charge in [0.15, 0.2) is 0 Å². The molecule has 2 aromatic carbocycles. The Morgan fingerprint density at radius 3 is 2.57 bits per heavy atom. The first-order chi connectivity index (χ1) is 10.0. The SMILES string of the molecule is CCCNC(c1ccc(Cl)c(Cl)c1)c1cccc(C)c1F. The lowest BCUT2D eigenvalue weighted by molar-refractivity contribution is 0.542. The highest BCUT2D eigenvalue weighted by Crippen LogP contribution is 2.30. The van der Waals surface area contributed by atoms with Crippen molar-refractivity contribution in [2.45, 2.75) is 26.3 Å². The molecule has 0 heterocycles. The van der Waals surface area contributed by atoms with Gasteiger partial charge in [0.05, 0.1) is 16.1 Å². The zero-order valence-corrected chi connectivity index (χ0v) is 13.6. The summed E-state index contributed by atoms with van der Waals surface area (Å²) in [5.74, 6) is -0.183. The average Bonchev–Trinajstić information content (AvgIpc) is 2.47. The van der Waals surface area contributed by atoms with Crippen LogP contribution < -0.4 is 5.32 Å². The van der Waals surface area contributed by atoms with Crippen molar-refractivity contribution >= 4 is 23.2 Å². The minimum atomic E-state index is -0.236. The maximum atomic E-state index is 14.4. The molecular weight excluding hydrogens is 308 g/mol. The molecule has 0 aromatic heterocycles. The van der Waals surface area contributed by atoms with E-state index in [2.05, 4.69) is 12.2 Å². The highest BCUT2D eigenvalue weighted by Gasteiger charge is 2.19. The molecule has 1 unspecified atom stereocenters. The lowest BCUT2D eigenvalue weighted by atomic mass is 9.96. The summed E-state index contributed by atoms with van der Waals surface area (Å²) in [6.07, 6.45) is 0.964. The normalized spacial score (nSPS) is 12.4. The van der Waals surface area contributed by atoms with E-state index in [1.165, 1.54) is 0 Å². The molecule has 0 bridgehead atoms. The molecule has 21 heavy (non-hydrogen) atoms. The van der Waals surface area contributed by atoms with Gasteiger partial charge in [-0.3, -0.25) is 0 Å². The Bertz CT molecular complexity index is 628. The van der Waals surface area contributed by atoms with Gasteiger partial charge in [0.25, 0.3) is 0 Å². The zero-order valence-electron chi connectivity index (χ0n) is 12.1. The van der Waals surface area contributed by atoms with E-state index in [0.717, 1.165) is 18.5 Å². The minimum absolute atomic E-state index is 0.183. The van der Waals surface area contributed by atoms with Gasteiger partial charge in [-0.25, -0.2) is 4.39 Å². The predicted molar refractivity (Wildman–Crippen MR) is 87.7 cm³/mol. The van der Waals surface area contributed by atoms with E-state index in [1.807, 2.05) is 12.1 Å². The summed E-state index contributed by atoms with van der Waals surface area (Å²) in [6.45, 7) is 4.63. The standard InChI is InChI=1S/C17H18Cl2FN/c1-3-9-21-17(12-7-8-14(18)15(19)10-12)13-6-4-5-11(2)16(13)20/h4-8,10,17,21H,3,9H2,1-2H3. The molecule has 0 amide bonds. The number of hydrogen-bond acceptors (Lipinski definition) is 1.